The first-order chi connectivity index (χ1) is 27.9. The van der Waals surface area contributed by atoms with Crippen molar-refractivity contribution in [1.82, 2.24) is 19.9 Å². The summed E-state index contributed by atoms with van der Waals surface area (Å²) >= 11 is 0. The van der Waals surface area contributed by atoms with E-state index >= 15 is 17.6 Å². The second kappa shape index (κ2) is 12.6. The van der Waals surface area contributed by atoms with Crippen molar-refractivity contribution in [1.29, 1.82) is 0 Å². The zero-order valence-corrected chi connectivity index (χ0v) is 28.9. The van der Waals surface area contributed by atoms with Crippen LogP contribution in [-0.4, -0.2) is 19.9 Å². The molecule has 8 aromatic rings. The van der Waals surface area contributed by atoms with E-state index in [1.165, 1.54) is 24.3 Å². The lowest BCUT2D eigenvalue weighted by Gasteiger charge is -2.11. The molecule has 0 radical (unpaired) electrons. The second-order valence-corrected chi connectivity index (χ2v) is 13.6. The minimum absolute atomic E-state index is 0.186. The number of rotatable bonds is 2. The monoisotopic (exact) mass is 792 g/mol. The fourth-order valence-corrected chi connectivity index (χ4v) is 7.57. The number of fused-ring (bicyclic) bond motifs is 13. The Labute approximate surface area is 318 Å². The molecule has 0 saturated carbocycles. The van der Waals surface area contributed by atoms with Gasteiger partial charge in [0.15, 0.2) is 46.5 Å². The molecule has 58 heavy (non-hydrogen) atoms. The van der Waals surface area contributed by atoms with Crippen molar-refractivity contribution in [2.75, 3.05) is 0 Å². The van der Waals surface area contributed by atoms with E-state index in [9.17, 15) is 26.3 Å². The molecule has 0 amide bonds. The molecule has 0 spiro atoms. The molecule has 0 fully saturated rings. The van der Waals surface area contributed by atoms with Crippen LogP contribution in [0.25, 0.3) is 101 Å². The van der Waals surface area contributed by atoms with Crippen LogP contribution in [0.2, 0.25) is 0 Å². The minimum atomic E-state index is -2.42. The Kier molecular flexibility index (Phi) is 7.68. The van der Waals surface area contributed by atoms with Gasteiger partial charge in [-0.2, -0.15) is 0 Å². The van der Waals surface area contributed by atoms with Gasteiger partial charge in [-0.15, -0.1) is 0 Å². The van der Waals surface area contributed by atoms with Crippen molar-refractivity contribution in [2.24, 2.45) is 0 Å². The molecule has 2 N–H and O–H groups in total. The predicted molar refractivity (Wildman–Crippen MR) is 202 cm³/mol. The number of hydrogen-bond donors (Lipinski definition) is 2. The molecule has 0 unspecified atom stereocenters. The summed E-state index contributed by atoms with van der Waals surface area (Å²) in [7, 11) is 0. The number of hydrogen-bond acceptors (Lipinski definition) is 2. The average Bonchev–Trinajstić information content (AvgIpc) is 4.05. The average molecular weight is 793 g/mol. The number of nitrogens with one attached hydrogen (secondary N) is 2. The van der Waals surface area contributed by atoms with E-state index in [0.717, 1.165) is 33.7 Å². The highest BCUT2D eigenvalue weighted by molar-refractivity contribution is 6.15. The van der Waals surface area contributed by atoms with Crippen molar-refractivity contribution < 1.29 is 43.9 Å². The Morgan fingerprint density at radius 1 is 0.328 bits per heavy atom. The first kappa shape index (κ1) is 35.2. The molecule has 5 aromatic carbocycles. The molecule has 8 bridgehead atoms. The maximum Gasteiger partial charge on any atom is 0.200 e. The maximum atomic E-state index is 15.6. The van der Waals surface area contributed by atoms with Gasteiger partial charge in [-0.25, -0.2) is 53.9 Å². The van der Waals surface area contributed by atoms with Crippen LogP contribution in [0.1, 0.15) is 22.8 Å². The van der Waals surface area contributed by atoms with Crippen molar-refractivity contribution >= 4 is 78.7 Å². The number of halogens is 10. The fourth-order valence-electron chi connectivity index (χ4n) is 7.57. The van der Waals surface area contributed by atoms with Gasteiger partial charge in [0, 0.05) is 44.0 Å². The zero-order chi connectivity index (χ0) is 40.3. The standard InChI is InChI=1S/C44H18F10N4/c45-35-33(36(46)40(50)43(53)39(35)49)31-25-7-5-21(55-25)15-29-23-13-19-11-17-3-1-2-4-18(17)12-20(19)14-24(23)30(58-29)16-22-6-8-26(56-22)32(28-10-9-27(31)57-28)34-37(47)41(51)44(54)42(52)38(34)48/h1-16,57-58H. The van der Waals surface area contributed by atoms with Gasteiger partial charge in [0.25, 0.3) is 0 Å². The van der Waals surface area contributed by atoms with Crippen LogP contribution in [0.4, 0.5) is 43.9 Å². The first-order valence-corrected chi connectivity index (χ1v) is 17.3. The summed E-state index contributed by atoms with van der Waals surface area (Å²) in [5.74, 6) is -22.8. The summed E-state index contributed by atoms with van der Waals surface area (Å²) in [5.41, 5.74) is -4.21. The third kappa shape index (κ3) is 5.17. The van der Waals surface area contributed by atoms with E-state index in [0.29, 0.717) is 21.8 Å². The van der Waals surface area contributed by atoms with Gasteiger partial charge in [-0.05, 0) is 94.4 Å². The van der Waals surface area contributed by atoms with Crippen LogP contribution >= 0.6 is 0 Å². The Bertz CT molecular complexity index is 3140. The van der Waals surface area contributed by atoms with Crippen molar-refractivity contribution in [3.8, 4) is 22.3 Å². The topological polar surface area (TPSA) is 57.4 Å². The van der Waals surface area contributed by atoms with Crippen LogP contribution in [0.5, 0.6) is 0 Å². The largest absolute Gasteiger partial charge is 0.354 e. The number of nitrogens with zero attached hydrogens (tertiary/aromatic N) is 2. The second-order valence-electron chi connectivity index (χ2n) is 13.6. The molecular formula is C44H18F10N4. The van der Waals surface area contributed by atoms with Crippen LogP contribution in [0.3, 0.4) is 0 Å². The summed E-state index contributed by atoms with van der Waals surface area (Å²) in [6, 6.07) is 21.0. The van der Waals surface area contributed by atoms with Crippen LogP contribution < -0.4 is 0 Å². The van der Waals surface area contributed by atoms with Gasteiger partial charge < -0.3 is 9.97 Å². The Hall–Kier alpha value is -7.22. The van der Waals surface area contributed by atoms with Crippen LogP contribution in [0, 0.1) is 58.2 Å². The highest BCUT2D eigenvalue weighted by atomic mass is 19.2. The van der Waals surface area contributed by atoms with Gasteiger partial charge in [0.1, 0.15) is 0 Å². The lowest BCUT2D eigenvalue weighted by Crippen LogP contribution is -2.05. The maximum absolute atomic E-state index is 15.6. The summed E-state index contributed by atoms with van der Waals surface area (Å²) in [6.45, 7) is 0. The van der Waals surface area contributed by atoms with E-state index in [-0.39, 0.29) is 22.8 Å². The van der Waals surface area contributed by atoms with Crippen LogP contribution in [-0.2, 0) is 0 Å². The third-order valence-electron chi connectivity index (χ3n) is 10.3. The summed E-state index contributed by atoms with van der Waals surface area (Å²) < 4.78 is 150. The molecule has 0 atom stereocenters. The zero-order valence-electron chi connectivity index (χ0n) is 28.9. The molecule has 2 aliphatic rings. The van der Waals surface area contributed by atoms with E-state index in [1.54, 1.807) is 12.1 Å². The molecule has 10 rings (SSSR count). The molecule has 4 nitrogen and oxygen atoms in total. The quantitative estimate of drug-likeness (QED) is 0.0793. The molecular weight excluding hydrogens is 774 g/mol. The molecule has 0 aliphatic carbocycles. The number of aromatic nitrogens is 4. The number of aromatic amines is 2. The SMILES string of the molecule is Fc1c(F)c(F)c(-c2c3nc(cc4[nH]c(cc5nc(c(-c6c(F)c(F)c(F)c(F)c6F)c6ccc2[nH]6)C=C5)c2cc5cc6ccccc6cc5cc42)C=C3)c(F)c1F. The van der Waals surface area contributed by atoms with E-state index in [1.807, 2.05) is 48.5 Å². The smallest absolute Gasteiger partial charge is 0.200 e. The van der Waals surface area contributed by atoms with E-state index in [2.05, 4.69) is 19.9 Å². The molecule has 5 heterocycles. The van der Waals surface area contributed by atoms with Gasteiger partial charge in [-0.1, -0.05) is 24.3 Å². The van der Waals surface area contributed by atoms with Gasteiger partial charge in [-0.3, -0.25) is 0 Å². The summed E-state index contributed by atoms with van der Waals surface area (Å²) in [4.78, 5) is 14.9. The summed E-state index contributed by atoms with van der Waals surface area (Å²) in [5, 5.41) is 5.06. The molecule has 284 valence electrons. The van der Waals surface area contributed by atoms with Crippen LogP contribution in [0.15, 0.2) is 72.8 Å². The van der Waals surface area contributed by atoms with Crippen molar-refractivity contribution in [2.45, 2.75) is 0 Å². The number of benzene rings is 5. The molecule has 14 heteroatoms. The molecule has 0 saturated heterocycles. The highest BCUT2D eigenvalue weighted by Gasteiger charge is 2.31. The highest BCUT2D eigenvalue weighted by Crippen LogP contribution is 2.41. The van der Waals surface area contributed by atoms with Crippen molar-refractivity contribution in [3.05, 3.63) is 154 Å². The Morgan fingerprint density at radius 3 is 1.09 bits per heavy atom. The van der Waals surface area contributed by atoms with E-state index < -0.39 is 91.5 Å². The van der Waals surface area contributed by atoms with E-state index in [4.69, 9.17) is 0 Å². The molecule has 3 aromatic heterocycles. The van der Waals surface area contributed by atoms with Gasteiger partial charge >= 0.3 is 0 Å². The Balaban J connectivity index is 1.40. The Morgan fingerprint density at radius 2 is 0.690 bits per heavy atom. The third-order valence-corrected chi connectivity index (χ3v) is 10.3. The summed E-state index contributed by atoms with van der Waals surface area (Å²) in [6.07, 6.45) is 5.39. The first-order valence-electron chi connectivity index (χ1n) is 17.3. The minimum Gasteiger partial charge on any atom is -0.354 e. The predicted octanol–water partition coefficient (Wildman–Crippen LogP) is 12.8. The van der Waals surface area contributed by atoms with Gasteiger partial charge in [0.2, 0.25) is 11.6 Å². The number of H-pyrrole nitrogens is 2. The van der Waals surface area contributed by atoms with Crippen molar-refractivity contribution in [3.63, 3.8) is 0 Å². The fraction of sp³-hybridized carbons (Fsp3) is 0. The molecule has 2 aliphatic heterocycles. The van der Waals surface area contributed by atoms with Gasteiger partial charge in [0.05, 0.1) is 33.9 Å². The normalized spacial score (nSPS) is 12.5. The lowest BCUT2D eigenvalue weighted by molar-refractivity contribution is 0.381. The lowest BCUT2D eigenvalue weighted by atomic mass is 10.0.